The van der Waals surface area contributed by atoms with Crippen molar-refractivity contribution in [2.24, 2.45) is 10.7 Å². The molecule has 3 heteroatoms. The van der Waals surface area contributed by atoms with E-state index in [1.807, 2.05) is 6.92 Å². The molecule has 1 fully saturated rings. The lowest BCUT2D eigenvalue weighted by atomic mass is 10.1. The van der Waals surface area contributed by atoms with Crippen LogP contribution in [0, 0.1) is 0 Å². The van der Waals surface area contributed by atoms with Crippen LogP contribution in [0.3, 0.4) is 0 Å². The molecule has 1 rings (SSSR count). The fourth-order valence-electron chi connectivity index (χ4n) is 1.42. The maximum atomic E-state index is 5.55. The predicted octanol–water partition coefficient (Wildman–Crippen LogP) is 1.32. The standard InChI is InChI=1S/C9H18N2O/c1-8(10)11-6-5-9-4-2-3-7-12-9/h9H,2-7H2,1H3,(H2,10,11). The molecule has 0 bridgehead atoms. The zero-order valence-corrected chi connectivity index (χ0v) is 7.75. The second-order valence-electron chi connectivity index (χ2n) is 3.30. The van der Waals surface area contributed by atoms with E-state index in [0.29, 0.717) is 11.9 Å². The van der Waals surface area contributed by atoms with E-state index in [1.165, 1.54) is 19.3 Å². The molecule has 1 atom stereocenters. The van der Waals surface area contributed by atoms with Gasteiger partial charge in [0.25, 0.3) is 0 Å². The van der Waals surface area contributed by atoms with Gasteiger partial charge in [-0.05, 0) is 32.6 Å². The van der Waals surface area contributed by atoms with Gasteiger partial charge in [-0.15, -0.1) is 0 Å². The topological polar surface area (TPSA) is 47.6 Å². The lowest BCUT2D eigenvalue weighted by Gasteiger charge is -2.21. The minimum Gasteiger partial charge on any atom is -0.388 e. The average molecular weight is 170 g/mol. The molecule has 12 heavy (non-hydrogen) atoms. The maximum Gasteiger partial charge on any atom is 0.0905 e. The van der Waals surface area contributed by atoms with Gasteiger partial charge in [0.05, 0.1) is 11.9 Å². The van der Waals surface area contributed by atoms with Crippen molar-refractivity contribution in [3.63, 3.8) is 0 Å². The van der Waals surface area contributed by atoms with Gasteiger partial charge < -0.3 is 10.5 Å². The van der Waals surface area contributed by atoms with Gasteiger partial charge >= 0.3 is 0 Å². The van der Waals surface area contributed by atoms with Gasteiger partial charge in [0.1, 0.15) is 0 Å². The highest BCUT2D eigenvalue weighted by Gasteiger charge is 2.12. The van der Waals surface area contributed by atoms with Crippen LogP contribution in [0.25, 0.3) is 0 Å². The van der Waals surface area contributed by atoms with E-state index in [-0.39, 0.29) is 0 Å². The van der Waals surface area contributed by atoms with Crippen LogP contribution in [0.2, 0.25) is 0 Å². The van der Waals surface area contributed by atoms with Crippen LogP contribution in [0.1, 0.15) is 32.6 Å². The first-order valence-corrected chi connectivity index (χ1v) is 4.67. The summed E-state index contributed by atoms with van der Waals surface area (Å²) in [5.74, 6) is 0.672. The van der Waals surface area contributed by atoms with E-state index < -0.39 is 0 Å². The van der Waals surface area contributed by atoms with Gasteiger partial charge in [0.2, 0.25) is 0 Å². The summed E-state index contributed by atoms with van der Waals surface area (Å²) in [6, 6.07) is 0. The molecule has 0 saturated carbocycles. The van der Waals surface area contributed by atoms with Gasteiger partial charge in [0, 0.05) is 13.2 Å². The fraction of sp³-hybridized carbons (Fsp3) is 0.889. The SMILES string of the molecule is CC(N)=NCCC1CCCCO1. The van der Waals surface area contributed by atoms with Gasteiger partial charge in [-0.2, -0.15) is 0 Å². The van der Waals surface area contributed by atoms with Gasteiger partial charge in [-0.25, -0.2) is 0 Å². The number of nitrogens with two attached hydrogens (primary N) is 1. The summed E-state index contributed by atoms with van der Waals surface area (Å²) in [5.41, 5.74) is 5.42. The zero-order valence-electron chi connectivity index (χ0n) is 7.75. The van der Waals surface area contributed by atoms with Crippen molar-refractivity contribution in [1.29, 1.82) is 0 Å². The number of amidine groups is 1. The maximum absolute atomic E-state index is 5.55. The molecule has 1 aliphatic rings. The Labute approximate surface area is 74.0 Å². The summed E-state index contributed by atoms with van der Waals surface area (Å²) < 4.78 is 5.55. The van der Waals surface area contributed by atoms with Crippen LogP contribution in [-0.2, 0) is 4.74 Å². The molecule has 1 saturated heterocycles. The highest BCUT2D eigenvalue weighted by Crippen LogP contribution is 2.15. The van der Waals surface area contributed by atoms with E-state index in [0.717, 1.165) is 19.6 Å². The average Bonchev–Trinajstić information content (AvgIpc) is 2.05. The summed E-state index contributed by atoms with van der Waals surface area (Å²) in [6.45, 7) is 3.56. The largest absolute Gasteiger partial charge is 0.388 e. The Bertz CT molecular complexity index is 147. The van der Waals surface area contributed by atoms with E-state index in [4.69, 9.17) is 10.5 Å². The van der Waals surface area contributed by atoms with Crippen LogP contribution in [0.15, 0.2) is 4.99 Å². The summed E-state index contributed by atoms with van der Waals surface area (Å²) in [6.07, 6.45) is 5.17. The van der Waals surface area contributed by atoms with Gasteiger partial charge in [-0.3, -0.25) is 4.99 Å². The van der Waals surface area contributed by atoms with Crippen molar-refractivity contribution >= 4 is 5.84 Å². The molecule has 0 radical (unpaired) electrons. The van der Waals surface area contributed by atoms with E-state index >= 15 is 0 Å². The van der Waals surface area contributed by atoms with Crippen molar-refractivity contribution in [2.75, 3.05) is 13.2 Å². The lowest BCUT2D eigenvalue weighted by Crippen LogP contribution is -2.20. The van der Waals surface area contributed by atoms with Crippen LogP contribution in [-0.4, -0.2) is 25.1 Å². The Morgan fingerprint density at radius 1 is 1.58 bits per heavy atom. The quantitative estimate of drug-likeness (QED) is 0.513. The molecular weight excluding hydrogens is 152 g/mol. The summed E-state index contributed by atoms with van der Waals surface area (Å²) in [7, 11) is 0. The summed E-state index contributed by atoms with van der Waals surface area (Å²) >= 11 is 0. The van der Waals surface area contributed by atoms with Crippen LogP contribution < -0.4 is 5.73 Å². The first kappa shape index (κ1) is 9.52. The smallest absolute Gasteiger partial charge is 0.0905 e. The fourth-order valence-corrected chi connectivity index (χ4v) is 1.42. The molecule has 3 nitrogen and oxygen atoms in total. The third kappa shape index (κ3) is 3.72. The monoisotopic (exact) mass is 170 g/mol. The molecule has 2 N–H and O–H groups in total. The van der Waals surface area contributed by atoms with E-state index in [1.54, 1.807) is 0 Å². The van der Waals surface area contributed by atoms with E-state index in [2.05, 4.69) is 4.99 Å². The Hall–Kier alpha value is -0.570. The zero-order chi connectivity index (χ0) is 8.81. The van der Waals surface area contributed by atoms with Gasteiger partial charge in [-0.1, -0.05) is 0 Å². The molecule has 0 aromatic carbocycles. The van der Waals surface area contributed by atoms with Crippen LogP contribution in [0.4, 0.5) is 0 Å². The Kier molecular flexibility index (Phi) is 4.08. The molecule has 0 aromatic heterocycles. The minimum absolute atomic E-state index is 0.432. The highest BCUT2D eigenvalue weighted by molar-refractivity contribution is 5.77. The first-order valence-electron chi connectivity index (χ1n) is 4.67. The number of aliphatic imine (C=N–C) groups is 1. The third-order valence-electron chi connectivity index (χ3n) is 2.09. The van der Waals surface area contributed by atoms with Crippen molar-refractivity contribution in [2.45, 2.75) is 38.7 Å². The van der Waals surface area contributed by atoms with Crippen molar-refractivity contribution < 1.29 is 4.74 Å². The Morgan fingerprint density at radius 2 is 2.42 bits per heavy atom. The highest BCUT2D eigenvalue weighted by atomic mass is 16.5. The van der Waals surface area contributed by atoms with Crippen molar-refractivity contribution in [3.05, 3.63) is 0 Å². The Balaban J connectivity index is 2.09. The molecule has 1 unspecified atom stereocenters. The molecule has 0 aromatic rings. The molecule has 1 heterocycles. The molecule has 70 valence electrons. The van der Waals surface area contributed by atoms with Crippen molar-refractivity contribution in [3.8, 4) is 0 Å². The summed E-state index contributed by atoms with van der Waals surface area (Å²) in [5, 5.41) is 0. The number of ether oxygens (including phenoxy) is 1. The second kappa shape index (κ2) is 5.14. The van der Waals surface area contributed by atoms with Crippen LogP contribution in [0.5, 0.6) is 0 Å². The number of rotatable bonds is 3. The minimum atomic E-state index is 0.432. The number of nitrogens with zero attached hydrogens (tertiary/aromatic N) is 1. The summed E-state index contributed by atoms with van der Waals surface area (Å²) in [4.78, 5) is 4.13. The normalized spacial score (nSPS) is 25.8. The van der Waals surface area contributed by atoms with Crippen LogP contribution >= 0.6 is 0 Å². The Morgan fingerprint density at radius 3 is 3.00 bits per heavy atom. The lowest BCUT2D eigenvalue weighted by molar-refractivity contribution is 0.0129. The third-order valence-corrected chi connectivity index (χ3v) is 2.09. The molecule has 0 aliphatic carbocycles. The molecule has 1 aliphatic heterocycles. The number of hydrogen-bond donors (Lipinski definition) is 1. The molecule has 0 spiro atoms. The second-order valence-corrected chi connectivity index (χ2v) is 3.30. The predicted molar refractivity (Wildman–Crippen MR) is 50.4 cm³/mol. The molecular formula is C9H18N2O. The first-order chi connectivity index (χ1) is 5.79. The molecule has 0 amide bonds. The number of hydrogen-bond acceptors (Lipinski definition) is 2. The van der Waals surface area contributed by atoms with E-state index in [9.17, 15) is 0 Å². The van der Waals surface area contributed by atoms with Crippen molar-refractivity contribution in [1.82, 2.24) is 0 Å². The van der Waals surface area contributed by atoms with Gasteiger partial charge in [0.15, 0.2) is 0 Å².